The van der Waals surface area contributed by atoms with E-state index in [1.165, 1.54) is 308 Å². The third kappa shape index (κ3) is 15.5. The Kier molecular flexibility index (Phi) is 23.2. The second-order valence-corrected chi connectivity index (χ2v) is 30.8. The van der Waals surface area contributed by atoms with E-state index in [4.69, 9.17) is 5.11 Å². The molecule has 0 aromatic rings. The molecule has 12 aliphatic rings. The van der Waals surface area contributed by atoms with Gasteiger partial charge in [-0.25, -0.2) is 0 Å². The van der Waals surface area contributed by atoms with Crippen LogP contribution in [0.15, 0.2) is 12.2 Å². The predicted molar refractivity (Wildman–Crippen MR) is 331 cm³/mol. The highest BCUT2D eigenvalue weighted by Crippen LogP contribution is 2.51. The van der Waals surface area contributed by atoms with Crippen LogP contribution in [0.5, 0.6) is 0 Å². The summed E-state index contributed by atoms with van der Waals surface area (Å²) in [5.74, 6) is 4.57. The van der Waals surface area contributed by atoms with Gasteiger partial charge in [0.15, 0.2) is 0 Å². The Balaban J connectivity index is 0.000000856. The molecule has 4 atom stereocenters. The summed E-state index contributed by atoms with van der Waals surface area (Å²) in [5, 5.41) is 8.91. The van der Waals surface area contributed by atoms with E-state index in [-0.39, 0.29) is 6.10 Å². The predicted octanol–water partition coefficient (Wildman–Crippen LogP) is 19.1. The van der Waals surface area contributed by atoms with Gasteiger partial charge in [-0.3, -0.25) is 19.6 Å². The van der Waals surface area contributed by atoms with E-state index in [1.807, 2.05) is 0 Å². The van der Waals surface area contributed by atoms with Crippen LogP contribution in [0, 0.1) is 29.6 Å². The van der Waals surface area contributed by atoms with Crippen LogP contribution in [-0.4, -0.2) is 103 Å². The SMILES string of the molecule is CC1CCC(N(C2CCC(N(C3CCCCC3)C3CCCCC3)CC2)C2CCCC3C2CCCC3N(C2CCC(C=CC3CCCCC3)CC2)C2CCC(N(C3CCCCC3)C3CCCCC3)CC2)CC1.OC1CCCCC1. The molecule has 0 amide bonds. The van der Waals surface area contributed by atoms with Crippen LogP contribution in [0.2, 0.25) is 0 Å². The number of rotatable bonds is 14. The number of hydrogen-bond acceptors (Lipinski definition) is 5. The lowest BCUT2D eigenvalue weighted by Crippen LogP contribution is -2.62. The van der Waals surface area contributed by atoms with Crippen molar-refractivity contribution in [2.45, 2.75) is 419 Å². The molecule has 12 saturated carbocycles. The fourth-order valence-electron chi connectivity index (χ4n) is 21.8. The normalized spacial score (nSPS) is 38.6. The standard InChI is InChI=1S/C67H116N4.C6H12O/c1-51-33-39-60(40-34-51)70(62-47-43-58(44-48-62)68(54-21-9-3-10-22-54)55-23-11-4-12-24-55)66-31-17-30-65-64(66)29-18-32-67(65)71(61-41-37-53(38-42-61)36-35-52-19-7-2-8-20-52)63-49-45-59(46-50-63)69(56-25-13-5-14-26-56)57-27-15-6-16-28-57;7-6-4-2-1-3-5-6/h35-36,51-67H,2-34,37-50H2,1H3;6-7H,1-5H2. The molecule has 0 heterocycles. The third-order valence-corrected chi connectivity index (χ3v) is 25.8. The van der Waals surface area contributed by atoms with Crippen molar-refractivity contribution < 1.29 is 5.11 Å². The highest BCUT2D eigenvalue weighted by molar-refractivity contribution is 5.06. The molecular formula is C73H128N4O. The number of allylic oxidation sites excluding steroid dienone is 2. The monoisotopic (exact) mass is 1080 g/mol. The Morgan fingerprint density at radius 2 is 0.487 bits per heavy atom. The van der Waals surface area contributed by atoms with E-state index in [2.05, 4.69) is 38.7 Å². The van der Waals surface area contributed by atoms with Crippen LogP contribution in [0.1, 0.15) is 341 Å². The Hall–Kier alpha value is -0.460. The summed E-state index contributed by atoms with van der Waals surface area (Å²) >= 11 is 0. The fraction of sp³-hybridized carbons (Fsp3) is 0.973. The maximum atomic E-state index is 8.91. The molecule has 0 aromatic carbocycles. The lowest BCUT2D eigenvalue weighted by atomic mass is 9.63. The molecule has 0 aromatic heterocycles. The Labute approximate surface area is 483 Å². The molecule has 0 saturated heterocycles. The topological polar surface area (TPSA) is 33.2 Å². The van der Waals surface area contributed by atoms with Crippen LogP contribution in [0.4, 0.5) is 0 Å². The van der Waals surface area contributed by atoms with Crippen molar-refractivity contribution >= 4 is 0 Å². The molecule has 0 radical (unpaired) electrons. The van der Waals surface area contributed by atoms with Gasteiger partial charge in [0.2, 0.25) is 0 Å². The maximum absolute atomic E-state index is 8.91. The lowest BCUT2D eigenvalue weighted by molar-refractivity contribution is -0.0875. The van der Waals surface area contributed by atoms with Crippen molar-refractivity contribution in [3.8, 4) is 0 Å². The molecule has 5 heteroatoms. The molecule has 5 nitrogen and oxygen atoms in total. The van der Waals surface area contributed by atoms with Crippen molar-refractivity contribution in [1.82, 2.24) is 19.6 Å². The second kappa shape index (κ2) is 30.6. The van der Waals surface area contributed by atoms with Crippen LogP contribution >= 0.6 is 0 Å². The smallest absolute Gasteiger partial charge is 0.0540 e. The second-order valence-electron chi connectivity index (χ2n) is 30.8. The zero-order valence-corrected chi connectivity index (χ0v) is 51.6. The summed E-state index contributed by atoms with van der Waals surface area (Å²) in [7, 11) is 0. The molecule has 12 aliphatic carbocycles. The largest absolute Gasteiger partial charge is 0.393 e. The summed E-state index contributed by atoms with van der Waals surface area (Å²) in [4.78, 5) is 13.5. The van der Waals surface area contributed by atoms with E-state index in [0.29, 0.717) is 0 Å². The van der Waals surface area contributed by atoms with Gasteiger partial charge in [-0.2, -0.15) is 0 Å². The minimum absolute atomic E-state index is 0.0359. The first-order valence-electron chi connectivity index (χ1n) is 37.0. The summed E-state index contributed by atoms with van der Waals surface area (Å²) in [6.45, 7) is 2.59. The molecule has 446 valence electrons. The molecule has 0 spiro atoms. The molecule has 0 bridgehead atoms. The summed E-state index contributed by atoms with van der Waals surface area (Å²) < 4.78 is 0. The van der Waals surface area contributed by atoms with Gasteiger partial charge in [0.1, 0.15) is 0 Å². The minimum atomic E-state index is 0.0359. The zero-order valence-electron chi connectivity index (χ0n) is 51.6. The van der Waals surface area contributed by atoms with Crippen molar-refractivity contribution in [3.05, 3.63) is 12.2 Å². The van der Waals surface area contributed by atoms with Gasteiger partial charge in [-0.1, -0.05) is 147 Å². The molecule has 4 unspecified atom stereocenters. The van der Waals surface area contributed by atoms with Crippen molar-refractivity contribution in [3.63, 3.8) is 0 Å². The van der Waals surface area contributed by atoms with Gasteiger partial charge < -0.3 is 5.11 Å². The van der Waals surface area contributed by atoms with Gasteiger partial charge in [-0.15, -0.1) is 0 Å². The van der Waals surface area contributed by atoms with Gasteiger partial charge in [0.05, 0.1) is 6.10 Å². The van der Waals surface area contributed by atoms with E-state index >= 15 is 0 Å². The van der Waals surface area contributed by atoms with Crippen molar-refractivity contribution in [1.29, 1.82) is 0 Å². The molecular weight excluding hydrogens is 949 g/mol. The van der Waals surface area contributed by atoms with E-state index in [0.717, 1.165) is 115 Å². The molecule has 12 rings (SSSR count). The van der Waals surface area contributed by atoms with Crippen molar-refractivity contribution in [2.75, 3.05) is 0 Å². The molecule has 12 fully saturated rings. The fourth-order valence-corrected chi connectivity index (χ4v) is 21.8. The zero-order chi connectivity index (χ0) is 52.9. The van der Waals surface area contributed by atoms with Gasteiger partial charge in [0, 0.05) is 72.5 Å². The summed E-state index contributed by atoms with van der Waals surface area (Å²) in [6, 6.07) is 10.5. The Morgan fingerprint density at radius 3 is 0.808 bits per heavy atom. The van der Waals surface area contributed by atoms with E-state index in [9.17, 15) is 0 Å². The number of nitrogens with zero attached hydrogens (tertiary/aromatic N) is 4. The first kappa shape index (κ1) is 59.3. The number of aliphatic hydroxyl groups excluding tert-OH is 1. The Morgan fingerprint density at radius 1 is 0.231 bits per heavy atom. The quantitative estimate of drug-likeness (QED) is 0.175. The third-order valence-electron chi connectivity index (χ3n) is 25.8. The first-order chi connectivity index (χ1) is 38.5. The summed E-state index contributed by atoms with van der Waals surface area (Å²) in [6.07, 6.45) is 82.0. The van der Waals surface area contributed by atoms with Gasteiger partial charge in [0.25, 0.3) is 0 Å². The minimum Gasteiger partial charge on any atom is -0.393 e. The van der Waals surface area contributed by atoms with Crippen LogP contribution < -0.4 is 0 Å². The van der Waals surface area contributed by atoms with E-state index in [1.54, 1.807) is 12.8 Å². The highest BCUT2D eigenvalue weighted by Gasteiger charge is 2.51. The first-order valence-corrected chi connectivity index (χ1v) is 37.0. The number of aliphatic hydroxyl groups is 1. The highest BCUT2D eigenvalue weighted by atomic mass is 16.3. The van der Waals surface area contributed by atoms with Gasteiger partial charge >= 0.3 is 0 Å². The van der Waals surface area contributed by atoms with Gasteiger partial charge in [-0.05, 0) is 235 Å². The molecule has 0 aliphatic heterocycles. The van der Waals surface area contributed by atoms with Crippen LogP contribution in [-0.2, 0) is 0 Å². The Bertz CT molecular complexity index is 1630. The van der Waals surface area contributed by atoms with Crippen LogP contribution in [0.25, 0.3) is 0 Å². The molecule has 78 heavy (non-hydrogen) atoms. The van der Waals surface area contributed by atoms with Crippen molar-refractivity contribution in [2.24, 2.45) is 29.6 Å². The average molecular weight is 1080 g/mol. The average Bonchev–Trinajstić information content (AvgIpc) is 3.56. The van der Waals surface area contributed by atoms with E-state index < -0.39 is 0 Å². The van der Waals surface area contributed by atoms with Crippen LogP contribution in [0.3, 0.4) is 0 Å². The number of fused-ring (bicyclic) bond motifs is 1. The lowest BCUT2D eigenvalue weighted by Gasteiger charge is -2.59. The maximum Gasteiger partial charge on any atom is 0.0540 e. The summed E-state index contributed by atoms with van der Waals surface area (Å²) in [5.41, 5.74) is 0. The molecule has 1 N–H and O–H groups in total. The number of hydrogen-bond donors (Lipinski definition) is 1.